The van der Waals surface area contributed by atoms with E-state index in [4.69, 9.17) is 1.37 Å². The largest absolute Gasteiger partial charge is 0.150 e. The summed E-state index contributed by atoms with van der Waals surface area (Å²) in [5, 5.41) is 0. The van der Waals surface area contributed by atoms with Crippen LogP contribution in [0.2, 0.25) is 6.82 Å². The second kappa shape index (κ2) is 4.32. The molecule has 0 unspecified atom stereocenters. The van der Waals surface area contributed by atoms with Crippen molar-refractivity contribution in [2.45, 2.75) is 46.8 Å². The third-order valence-corrected chi connectivity index (χ3v) is 3.73. The minimum atomic E-state index is 0.421. The number of hydrogen-bond acceptors (Lipinski definition) is 1. The lowest BCUT2D eigenvalue weighted by Crippen LogP contribution is -2.16. The fourth-order valence-electron chi connectivity index (χ4n) is 1.72. The molecule has 0 fully saturated rings. The molecule has 0 amide bonds. The van der Waals surface area contributed by atoms with E-state index in [1.54, 1.807) is 0 Å². The predicted molar refractivity (Wildman–Crippen MR) is 63.8 cm³/mol. The van der Waals surface area contributed by atoms with Crippen LogP contribution in [0, 0.1) is 6.90 Å². The van der Waals surface area contributed by atoms with Crippen molar-refractivity contribution >= 4 is 24.1 Å². The average molecular weight is 194 g/mol. The summed E-state index contributed by atoms with van der Waals surface area (Å²) in [5.41, 5.74) is 2.80. The molecule has 0 spiro atoms. The second-order valence-corrected chi connectivity index (χ2v) is 4.72. The summed E-state index contributed by atoms with van der Waals surface area (Å²) in [6.07, 6.45) is 1.09. The molecule has 71 valence electrons. The zero-order valence-corrected chi connectivity index (χ0v) is 9.79. The van der Waals surface area contributed by atoms with Crippen molar-refractivity contribution in [1.82, 2.24) is 0 Å². The van der Waals surface area contributed by atoms with E-state index in [1.165, 1.54) is 20.8 Å². The minimum Gasteiger partial charge on any atom is -0.146 e. The van der Waals surface area contributed by atoms with Crippen molar-refractivity contribution in [3.63, 3.8) is 0 Å². The molecule has 0 atom stereocenters. The fraction of sp³-hybridized carbons (Fsp3) is 0.636. The number of aryl methyl sites for hydroxylation is 1. The van der Waals surface area contributed by atoms with Crippen LogP contribution < -0.4 is 5.46 Å². The van der Waals surface area contributed by atoms with E-state index < -0.39 is 0 Å². The van der Waals surface area contributed by atoms with Crippen molar-refractivity contribution < 1.29 is 1.37 Å². The molecule has 1 aromatic heterocycles. The maximum atomic E-state index is 7.50. The molecule has 0 aliphatic heterocycles. The van der Waals surface area contributed by atoms with Crippen LogP contribution in [-0.2, 0) is 6.42 Å². The Morgan fingerprint density at radius 3 is 2.62 bits per heavy atom. The van der Waals surface area contributed by atoms with E-state index in [0.717, 1.165) is 6.42 Å². The van der Waals surface area contributed by atoms with Crippen molar-refractivity contribution in [3.8, 4) is 0 Å². The number of hydrogen-bond donors (Lipinski definition) is 0. The molecule has 0 nitrogen and oxygen atoms in total. The molecule has 0 aliphatic carbocycles. The second-order valence-electron chi connectivity index (χ2n) is 3.58. The third kappa shape index (κ3) is 1.99. The maximum Gasteiger partial charge on any atom is 0.150 e. The van der Waals surface area contributed by atoms with Crippen LogP contribution in [0.4, 0.5) is 0 Å². The summed E-state index contributed by atoms with van der Waals surface area (Å²) in [7, 11) is 2.16. The minimum absolute atomic E-state index is 0.421. The monoisotopic (exact) mass is 194 g/mol. The summed E-state index contributed by atoms with van der Waals surface area (Å²) >= 11 is 1.82. The smallest absolute Gasteiger partial charge is 0.146 e. The number of rotatable bonds is 3. The van der Waals surface area contributed by atoms with Gasteiger partial charge in [-0.25, -0.2) is 0 Å². The van der Waals surface area contributed by atoms with Gasteiger partial charge in [0.15, 0.2) is 0 Å². The first kappa shape index (κ1) is 9.33. The lowest BCUT2D eigenvalue weighted by atomic mass is 9.70. The number of thiophene rings is 1. The van der Waals surface area contributed by atoms with Gasteiger partial charge >= 0.3 is 0 Å². The Morgan fingerprint density at radius 2 is 2.23 bits per heavy atom. The summed E-state index contributed by atoms with van der Waals surface area (Å²) in [4.78, 5) is 2.70. The van der Waals surface area contributed by atoms with Gasteiger partial charge in [-0.3, -0.25) is 0 Å². The molecular formula is C11H18BS. The molecule has 13 heavy (non-hydrogen) atoms. The summed E-state index contributed by atoms with van der Waals surface area (Å²) in [6.45, 7) is 9.17. The average Bonchev–Trinajstić information content (AvgIpc) is 2.54. The molecule has 0 saturated heterocycles. The quantitative estimate of drug-likeness (QED) is 0.648. The van der Waals surface area contributed by atoms with Crippen LogP contribution in [0.25, 0.3) is 0 Å². The van der Waals surface area contributed by atoms with Gasteiger partial charge in [0.2, 0.25) is 0 Å². The summed E-state index contributed by atoms with van der Waals surface area (Å²) in [6, 6.07) is 0. The van der Waals surface area contributed by atoms with E-state index in [9.17, 15) is 0 Å². The molecule has 1 aromatic rings. The van der Waals surface area contributed by atoms with Crippen molar-refractivity contribution in [1.29, 1.82) is 0 Å². The van der Waals surface area contributed by atoms with Gasteiger partial charge in [0.1, 0.15) is 7.28 Å². The topological polar surface area (TPSA) is 0 Å². The molecule has 0 bridgehead atoms. The van der Waals surface area contributed by atoms with Crippen LogP contribution >= 0.6 is 11.3 Å². The highest BCUT2D eigenvalue weighted by atomic mass is 32.1. The van der Waals surface area contributed by atoms with Crippen LogP contribution in [0.3, 0.4) is 0 Å². The van der Waals surface area contributed by atoms with Crippen LogP contribution in [0.5, 0.6) is 0 Å². The molecule has 1 heterocycles. The predicted octanol–water partition coefficient (Wildman–Crippen LogP) is 3.12. The molecule has 2 heteroatoms. The highest BCUT2D eigenvalue weighted by Gasteiger charge is 2.14. The van der Waals surface area contributed by atoms with Crippen LogP contribution in [-0.4, -0.2) is 7.28 Å². The van der Waals surface area contributed by atoms with Crippen molar-refractivity contribution in [2.24, 2.45) is 0 Å². The Balaban J connectivity index is 3.24. The van der Waals surface area contributed by atoms with Gasteiger partial charge in [-0.2, -0.15) is 0 Å². The molecular weight excluding hydrogens is 175 g/mol. The van der Waals surface area contributed by atoms with Gasteiger partial charge in [-0.15, -0.1) is 11.3 Å². The lowest BCUT2D eigenvalue weighted by molar-refractivity contribution is 0.871. The van der Waals surface area contributed by atoms with Crippen molar-refractivity contribution in [2.75, 3.05) is 0 Å². The van der Waals surface area contributed by atoms with E-state index in [1.807, 2.05) is 11.3 Å². The molecule has 1 radical (unpaired) electrons. The Kier molecular flexibility index (Phi) is 3.10. The summed E-state index contributed by atoms with van der Waals surface area (Å²) < 4.78 is 7.50. The van der Waals surface area contributed by atoms with Crippen LogP contribution in [0.15, 0.2) is 0 Å². The normalized spacial score (nSPS) is 11.9. The Morgan fingerprint density at radius 1 is 1.54 bits per heavy atom. The zero-order valence-electron chi connectivity index (χ0n) is 9.98. The standard InChI is InChI=1S/C11H18BS/c1-6-9-10(12-5)8(4)13-11(9)7(2)3/h7H,6H2,1-5H3/i4D. The molecule has 0 aromatic carbocycles. The van der Waals surface area contributed by atoms with E-state index >= 15 is 0 Å². The Labute approximate surface area is 88.0 Å². The first-order valence-corrected chi connectivity index (χ1v) is 5.70. The van der Waals surface area contributed by atoms with Gasteiger partial charge in [0.05, 0.1) is 0 Å². The Bertz CT molecular complexity index is 304. The van der Waals surface area contributed by atoms with Gasteiger partial charge in [0, 0.05) is 6.25 Å². The fourth-order valence-corrected chi connectivity index (χ4v) is 2.95. The van der Waals surface area contributed by atoms with Crippen LogP contribution in [0.1, 0.15) is 43.4 Å². The van der Waals surface area contributed by atoms with Gasteiger partial charge in [-0.05, 0) is 29.7 Å². The highest BCUT2D eigenvalue weighted by molar-refractivity contribution is 7.13. The molecule has 0 N–H and O–H groups in total. The van der Waals surface area contributed by atoms with E-state index in [2.05, 4.69) is 34.9 Å². The van der Waals surface area contributed by atoms with Gasteiger partial charge in [-0.1, -0.05) is 33.1 Å². The van der Waals surface area contributed by atoms with Gasteiger partial charge in [0.25, 0.3) is 0 Å². The SMILES string of the molecule is [2H]Cc1sc(C(C)C)c(CC)c1[B]C. The van der Waals surface area contributed by atoms with E-state index in [0.29, 0.717) is 12.8 Å². The molecule has 1 rings (SSSR count). The first-order chi connectivity index (χ1) is 6.65. The van der Waals surface area contributed by atoms with Crippen molar-refractivity contribution in [3.05, 3.63) is 15.3 Å². The Hall–Kier alpha value is -0.235. The molecule has 0 saturated carbocycles. The zero-order chi connectivity index (χ0) is 10.7. The molecule has 0 aliphatic rings. The maximum absolute atomic E-state index is 7.50. The first-order valence-electron chi connectivity index (χ1n) is 5.59. The van der Waals surface area contributed by atoms with Gasteiger partial charge < -0.3 is 0 Å². The summed E-state index contributed by atoms with van der Waals surface area (Å²) in [5.74, 6) is 0.592. The lowest BCUT2D eigenvalue weighted by Gasteiger charge is -2.06. The van der Waals surface area contributed by atoms with E-state index in [-0.39, 0.29) is 0 Å². The highest BCUT2D eigenvalue weighted by Crippen LogP contribution is 2.27. The third-order valence-electron chi connectivity index (χ3n) is 2.32.